The summed E-state index contributed by atoms with van der Waals surface area (Å²) in [6, 6.07) is 0. The van der Waals surface area contributed by atoms with Crippen molar-refractivity contribution >= 4 is 11.9 Å². The molecular weight excluding hydrogens is 516 g/mol. The Labute approximate surface area is 250 Å². The molecule has 0 saturated carbocycles. The van der Waals surface area contributed by atoms with Crippen LogP contribution in [0, 0.1) is 5.92 Å². The molecule has 0 spiro atoms. The molecule has 0 rings (SSSR count). The number of carbonyl (C=O) groups excluding carboxylic acids is 2. The lowest BCUT2D eigenvalue weighted by atomic mass is 10.0. The minimum absolute atomic E-state index is 0.146. The minimum Gasteiger partial charge on any atom is -0.463 e. The normalized spacial score (nSPS) is 13.9. The second-order valence-corrected chi connectivity index (χ2v) is 10.9. The molecule has 41 heavy (non-hydrogen) atoms. The molecule has 2 N–H and O–H groups in total. The first kappa shape index (κ1) is 38.6. The van der Waals surface area contributed by atoms with E-state index in [1.165, 1.54) is 25.7 Å². The fourth-order valence-electron chi connectivity index (χ4n) is 3.78. The summed E-state index contributed by atoms with van der Waals surface area (Å²) in [6.45, 7) is 6.14. The van der Waals surface area contributed by atoms with Gasteiger partial charge >= 0.3 is 11.9 Å². The highest BCUT2D eigenvalue weighted by molar-refractivity contribution is 5.69. The number of unbranched alkanes of at least 4 members (excludes halogenated alkanes) is 6. The molecule has 0 heterocycles. The van der Waals surface area contributed by atoms with Crippen molar-refractivity contribution in [1.29, 1.82) is 0 Å². The average Bonchev–Trinajstić information content (AvgIpc) is 2.95. The van der Waals surface area contributed by atoms with Crippen molar-refractivity contribution in [3.63, 3.8) is 0 Å². The molecule has 0 aliphatic carbocycles. The van der Waals surface area contributed by atoms with Crippen LogP contribution in [-0.2, 0) is 19.1 Å². The van der Waals surface area contributed by atoms with Gasteiger partial charge < -0.3 is 19.7 Å². The highest BCUT2D eigenvalue weighted by atomic mass is 16.6. The third kappa shape index (κ3) is 30.3. The number of hydrogen-bond donors (Lipinski definition) is 2. The molecule has 0 aromatic heterocycles. The quantitative estimate of drug-likeness (QED) is 0.0469. The number of carbonyl (C=O) groups is 2. The van der Waals surface area contributed by atoms with Gasteiger partial charge in [0.1, 0.15) is 19.3 Å². The Morgan fingerprint density at radius 1 is 0.659 bits per heavy atom. The number of allylic oxidation sites excluding steroid dienone is 9. The Kier molecular flexibility index (Phi) is 27.3. The van der Waals surface area contributed by atoms with E-state index < -0.39 is 6.10 Å². The van der Waals surface area contributed by atoms with Crippen LogP contribution in [0.5, 0.6) is 0 Å². The van der Waals surface area contributed by atoms with Crippen LogP contribution < -0.4 is 0 Å². The van der Waals surface area contributed by atoms with Gasteiger partial charge in [0, 0.05) is 12.8 Å². The van der Waals surface area contributed by atoms with Gasteiger partial charge in [-0.3, -0.25) is 9.59 Å². The molecule has 0 aliphatic rings. The van der Waals surface area contributed by atoms with Crippen LogP contribution in [-0.4, -0.2) is 47.6 Å². The maximum atomic E-state index is 11.9. The lowest BCUT2D eigenvalue weighted by molar-refractivity contribution is -0.152. The molecule has 0 radical (unpaired) electrons. The molecule has 2 atom stereocenters. The third-order valence-corrected chi connectivity index (χ3v) is 6.35. The standard InChI is InChI=1S/C35H58O6/c1-4-32(36)26-22-18-13-11-9-7-5-6-8-10-12-14-19-23-27-34(38)40-29-33(37)30-41-35(39)28-24-20-16-15-17-21-25-31(2)3/h6-9,12-14,18,22,26,31-33,36-37H,4-5,10-11,15-17,19-21,23-25,27-30H2,1-3H3/b8-6-,9-7-,14-12-,18-13-,26-22+/t32-,33+/m0/s1. The molecule has 0 saturated heterocycles. The summed E-state index contributed by atoms with van der Waals surface area (Å²) in [5, 5.41) is 19.3. The number of aliphatic hydroxyl groups excluding tert-OH is 2. The zero-order valence-corrected chi connectivity index (χ0v) is 26.1. The molecule has 0 bridgehead atoms. The molecule has 234 valence electrons. The summed E-state index contributed by atoms with van der Waals surface area (Å²) in [7, 11) is 0. The highest BCUT2D eigenvalue weighted by Gasteiger charge is 2.11. The van der Waals surface area contributed by atoms with E-state index in [1.54, 1.807) is 6.08 Å². The van der Waals surface area contributed by atoms with Gasteiger partial charge in [0.2, 0.25) is 0 Å². The van der Waals surface area contributed by atoms with Gasteiger partial charge in [-0.2, -0.15) is 0 Å². The molecule has 0 amide bonds. The van der Waals surface area contributed by atoms with E-state index in [4.69, 9.17) is 9.47 Å². The van der Waals surface area contributed by atoms with Gasteiger partial charge in [-0.1, -0.05) is 120 Å². The second kappa shape index (κ2) is 29.1. The maximum Gasteiger partial charge on any atom is 0.305 e. The smallest absolute Gasteiger partial charge is 0.305 e. The van der Waals surface area contributed by atoms with E-state index in [0.717, 1.165) is 57.3 Å². The summed E-state index contributed by atoms with van der Waals surface area (Å²) in [5.41, 5.74) is 0. The summed E-state index contributed by atoms with van der Waals surface area (Å²) < 4.78 is 10.2. The number of hydrogen-bond acceptors (Lipinski definition) is 6. The van der Waals surface area contributed by atoms with Gasteiger partial charge in [0.15, 0.2) is 0 Å². The van der Waals surface area contributed by atoms with Crippen molar-refractivity contribution in [3.05, 3.63) is 60.8 Å². The van der Waals surface area contributed by atoms with Crippen molar-refractivity contribution in [1.82, 2.24) is 0 Å². The molecule has 0 fully saturated rings. The van der Waals surface area contributed by atoms with Gasteiger partial charge in [-0.15, -0.1) is 0 Å². The molecule has 6 nitrogen and oxygen atoms in total. The van der Waals surface area contributed by atoms with Crippen molar-refractivity contribution in [2.45, 2.75) is 129 Å². The Morgan fingerprint density at radius 3 is 1.76 bits per heavy atom. The van der Waals surface area contributed by atoms with Crippen molar-refractivity contribution in [3.8, 4) is 0 Å². The van der Waals surface area contributed by atoms with Crippen LogP contribution in [0.25, 0.3) is 0 Å². The van der Waals surface area contributed by atoms with Gasteiger partial charge in [-0.25, -0.2) is 0 Å². The van der Waals surface area contributed by atoms with E-state index in [-0.39, 0.29) is 31.3 Å². The van der Waals surface area contributed by atoms with Crippen LogP contribution in [0.15, 0.2) is 60.8 Å². The lowest BCUT2D eigenvalue weighted by Gasteiger charge is -2.12. The van der Waals surface area contributed by atoms with Crippen molar-refractivity contribution in [2.24, 2.45) is 5.92 Å². The van der Waals surface area contributed by atoms with Crippen LogP contribution in [0.2, 0.25) is 0 Å². The first-order valence-electron chi connectivity index (χ1n) is 15.8. The zero-order chi connectivity index (χ0) is 30.4. The Bertz CT molecular complexity index is 778. The molecule has 0 aromatic rings. The predicted molar refractivity (Wildman–Crippen MR) is 169 cm³/mol. The molecule has 0 unspecified atom stereocenters. The fraction of sp³-hybridized carbons (Fsp3) is 0.657. The van der Waals surface area contributed by atoms with E-state index in [0.29, 0.717) is 19.3 Å². The van der Waals surface area contributed by atoms with E-state index in [9.17, 15) is 19.8 Å². The number of aliphatic hydroxyl groups is 2. The minimum atomic E-state index is -0.996. The SMILES string of the molecule is CC[C@H](O)/C=C/C=C\C/C=C\C/C=C\C/C=C\CCCC(=O)OC[C@@H](O)COC(=O)CCCCCCCCC(C)C. The first-order valence-corrected chi connectivity index (χ1v) is 15.8. The molecule has 6 heteroatoms. The van der Waals surface area contributed by atoms with Crippen molar-refractivity contribution < 1.29 is 29.3 Å². The van der Waals surface area contributed by atoms with Gasteiger partial charge in [0.25, 0.3) is 0 Å². The van der Waals surface area contributed by atoms with Gasteiger partial charge in [0.05, 0.1) is 6.10 Å². The zero-order valence-electron chi connectivity index (χ0n) is 26.1. The second-order valence-electron chi connectivity index (χ2n) is 10.9. The van der Waals surface area contributed by atoms with Crippen LogP contribution in [0.4, 0.5) is 0 Å². The summed E-state index contributed by atoms with van der Waals surface area (Å²) in [5.74, 6) is 0.104. The Hall–Kier alpha value is -2.44. The summed E-state index contributed by atoms with van der Waals surface area (Å²) >= 11 is 0. The summed E-state index contributed by atoms with van der Waals surface area (Å²) in [4.78, 5) is 23.7. The number of esters is 2. The summed E-state index contributed by atoms with van der Waals surface area (Å²) in [6.07, 6.45) is 32.4. The third-order valence-electron chi connectivity index (χ3n) is 6.35. The van der Waals surface area contributed by atoms with Crippen molar-refractivity contribution in [2.75, 3.05) is 13.2 Å². The topological polar surface area (TPSA) is 93.1 Å². The van der Waals surface area contributed by atoms with E-state index in [2.05, 4.69) is 56.4 Å². The Morgan fingerprint density at radius 2 is 1.17 bits per heavy atom. The lowest BCUT2D eigenvalue weighted by Crippen LogP contribution is -2.25. The fourth-order valence-corrected chi connectivity index (χ4v) is 3.78. The predicted octanol–water partition coefficient (Wildman–Crippen LogP) is 8.10. The Balaban J connectivity index is 3.65. The monoisotopic (exact) mass is 574 g/mol. The van der Waals surface area contributed by atoms with Crippen LogP contribution >= 0.6 is 0 Å². The van der Waals surface area contributed by atoms with E-state index >= 15 is 0 Å². The largest absolute Gasteiger partial charge is 0.463 e. The molecule has 0 aromatic carbocycles. The van der Waals surface area contributed by atoms with E-state index in [1.807, 2.05) is 19.1 Å². The molecule has 0 aliphatic heterocycles. The maximum absolute atomic E-state index is 11.9. The number of ether oxygens (including phenoxy) is 2. The highest BCUT2D eigenvalue weighted by Crippen LogP contribution is 2.12. The molecular formula is C35H58O6. The van der Waals surface area contributed by atoms with Crippen LogP contribution in [0.1, 0.15) is 117 Å². The first-order chi connectivity index (χ1) is 19.8. The van der Waals surface area contributed by atoms with Gasteiger partial charge in [-0.05, 0) is 50.9 Å². The number of rotatable bonds is 26. The van der Waals surface area contributed by atoms with Crippen LogP contribution in [0.3, 0.4) is 0 Å². The average molecular weight is 575 g/mol.